The van der Waals surface area contributed by atoms with Crippen molar-refractivity contribution in [3.05, 3.63) is 0 Å². The first-order valence-electron chi connectivity index (χ1n) is 8.98. The summed E-state index contributed by atoms with van der Waals surface area (Å²) in [5, 5.41) is 0. The molecule has 3 rings (SSSR count). The number of carbonyl (C=O) groups excluding carboxylic acids is 1. The second-order valence-electron chi connectivity index (χ2n) is 7.03. The summed E-state index contributed by atoms with van der Waals surface area (Å²) < 4.78 is 4.98. The molecular formula is C17H30N2O2. The van der Waals surface area contributed by atoms with Crippen molar-refractivity contribution < 1.29 is 9.53 Å². The quantitative estimate of drug-likeness (QED) is 0.754. The molecule has 4 heteroatoms. The number of rotatable bonds is 6. The fourth-order valence-electron chi connectivity index (χ4n) is 4.36. The average molecular weight is 294 g/mol. The Morgan fingerprint density at radius 3 is 2.62 bits per heavy atom. The molecule has 4 nitrogen and oxygen atoms in total. The van der Waals surface area contributed by atoms with Crippen molar-refractivity contribution in [2.75, 3.05) is 32.8 Å². The minimum absolute atomic E-state index is 0.116. The predicted octanol–water partition coefficient (Wildman–Crippen LogP) is 3.26. The Labute approximate surface area is 128 Å². The highest BCUT2D eigenvalue weighted by molar-refractivity contribution is 5.69. The highest BCUT2D eigenvalue weighted by Gasteiger charge is 2.28. The van der Waals surface area contributed by atoms with E-state index in [4.69, 9.17) is 4.74 Å². The van der Waals surface area contributed by atoms with Gasteiger partial charge in [0, 0.05) is 19.1 Å². The molecule has 0 bridgehead atoms. The van der Waals surface area contributed by atoms with Crippen LogP contribution in [0.2, 0.25) is 0 Å². The molecule has 0 aromatic rings. The second-order valence-corrected chi connectivity index (χ2v) is 7.03. The molecule has 21 heavy (non-hydrogen) atoms. The number of ether oxygens (including phenoxy) is 1. The summed E-state index contributed by atoms with van der Waals surface area (Å²) in [6.45, 7) is 4.64. The van der Waals surface area contributed by atoms with E-state index in [-0.39, 0.29) is 6.09 Å². The van der Waals surface area contributed by atoms with E-state index in [1.165, 1.54) is 57.9 Å². The molecule has 120 valence electrons. The smallest absolute Gasteiger partial charge is 0.409 e. The van der Waals surface area contributed by atoms with Crippen molar-refractivity contribution in [3.63, 3.8) is 0 Å². The van der Waals surface area contributed by atoms with Crippen molar-refractivity contribution in [2.24, 2.45) is 5.92 Å². The third-order valence-electron chi connectivity index (χ3n) is 5.55. The maximum atomic E-state index is 11.4. The summed E-state index contributed by atoms with van der Waals surface area (Å²) in [7, 11) is 0. The minimum atomic E-state index is -0.116. The van der Waals surface area contributed by atoms with Gasteiger partial charge in [-0.05, 0) is 38.1 Å². The van der Waals surface area contributed by atoms with Gasteiger partial charge in [-0.15, -0.1) is 0 Å². The van der Waals surface area contributed by atoms with Gasteiger partial charge in [0.15, 0.2) is 0 Å². The van der Waals surface area contributed by atoms with Gasteiger partial charge >= 0.3 is 6.09 Å². The number of hydrogen-bond donors (Lipinski definition) is 0. The summed E-state index contributed by atoms with van der Waals surface area (Å²) >= 11 is 0. The van der Waals surface area contributed by atoms with Crippen LogP contribution in [-0.2, 0) is 4.74 Å². The van der Waals surface area contributed by atoms with Crippen LogP contribution >= 0.6 is 0 Å². The summed E-state index contributed by atoms with van der Waals surface area (Å²) in [6.07, 6.45) is 12.4. The van der Waals surface area contributed by atoms with E-state index in [1.54, 1.807) is 0 Å². The standard InChI is InChI=1S/C17H30N2O2/c20-17-19(12-13-21-17)11-5-10-18-9-4-8-16(18)14-15-6-2-1-3-7-15/h15-16H,1-14H2. The number of amides is 1. The Morgan fingerprint density at radius 1 is 1.00 bits per heavy atom. The lowest BCUT2D eigenvalue weighted by atomic mass is 9.84. The highest BCUT2D eigenvalue weighted by atomic mass is 16.6. The van der Waals surface area contributed by atoms with Gasteiger partial charge in [0.05, 0.1) is 6.54 Å². The molecule has 1 atom stereocenters. The lowest BCUT2D eigenvalue weighted by molar-refractivity contribution is 0.154. The molecule has 2 heterocycles. The minimum Gasteiger partial charge on any atom is -0.448 e. The molecule has 3 aliphatic rings. The molecule has 0 spiro atoms. The SMILES string of the molecule is O=C1OCCN1CCCN1CCCC1CC1CCCCC1. The van der Waals surface area contributed by atoms with Crippen molar-refractivity contribution in [1.29, 1.82) is 0 Å². The fraction of sp³-hybridized carbons (Fsp3) is 0.941. The Balaban J connectivity index is 1.38. The number of carbonyl (C=O) groups is 1. The van der Waals surface area contributed by atoms with Crippen molar-refractivity contribution in [1.82, 2.24) is 9.80 Å². The zero-order valence-corrected chi connectivity index (χ0v) is 13.3. The van der Waals surface area contributed by atoms with Crippen LogP contribution in [0.15, 0.2) is 0 Å². The highest BCUT2D eigenvalue weighted by Crippen LogP contribution is 2.32. The lowest BCUT2D eigenvalue weighted by Gasteiger charge is -2.30. The molecule has 1 amide bonds. The molecule has 1 saturated carbocycles. The molecule has 0 aromatic heterocycles. The first kappa shape index (κ1) is 15.1. The summed E-state index contributed by atoms with van der Waals surface area (Å²) in [4.78, 5) is 16.0. The van der Waals surface area contributed by atoms with Crippen LogP contribution in [0.25, 0.3) is 0 Å². The van der Waals surface area contributed by atoms with E-state index in [1.807, 2.05) is 4.90 Å². The van der Waals surface area contributed by atoms with Gasteiger partial charge in [0.25, 0.3) is 0 Å². The first-order valence-corrected chi connectivity index (χ1v) is 8.98. The summed E-state index contributed by atoms with van der Waals surface area (Å²) in [6, 6.07) is 0.818. The van der Waals surface area contributed by atoms with Crippen molar-refractivity contribution in [3.8, 4) is 0 Å². The average Bonchev–Trinajstić information content (AvgIpc) is 3.10. The molecule has 1 unspecified atom stereocenters. The zero-order valence-electron chi connectivity index (χ0n) is 13.3. The number of cyclic esters (lactones) is 1. The van der Waals surface area contributed by atoms with Crippen LogP contribution in [0.3, 0.4) is 0 Å². The van der Waals surface area contributed by atoms with Crippen molar-refractivity contribution >= 4 is 6.09 Å². The van der Waals surface area contributed by atoms with Crippen LogP contribution < -0.4 is 0 Å². The summed E-state index contributed by atoms with van der Waals surface area (Å²) in [5.74, 6) is 0.984. The molecule has 3 fully saturated rings. The van der Waals surface area contributed by atoms with Gasteiger partial charge < -0.3 is 14.5 Å². The monoisotopic (exact) mass is 294 g/mol. The third-order valence-corrected chi connectivity index (χ3v) is 5.55. The van der Waals surface area contributed by atoms with E-state index < -0.39 is 0 Å². The molecule has 0 N–H and O–H groups in total. The van der Waals surface area contributed by atoms with Gasteiger partial charge in [-0.25, -0.2) is 4.79 Å². The van der Waals surface area contributed by atoms with Gasteiger partial charge in [-0.3, -0.25) is 0 Å². The zero-order chi connectivity index (χ0) is 14.5. The van der Waals surface area contributed by atoms with E-state index in [9.17, 15) is 4.79 Å². The molecule has 2 saturated heterocycles. The Hall–Kier alpha value is -0.770. The largest absolute Gasteiger partial charge is 0.448 e. The topological polar surface area (TPSA) is 32.8 Å². The maximum absolute atomic E-state index is 11.4. The number of hydrogen-bond acceptors (Lipinski definition) is 3. The molecule has 1 aliphatic carbocycles. The Morgan fingerprint density at radius 2 is 1.86 bits per heavy atom. The number of nitrogens with zero attached hydrogens (tertiary/aromatic N) is 2. The molecule has 0 aromatic carbocycles. The number of likely N-dealkylation sites (tertiary alicyclic amines) is 1. The van der Waals surface area contributed by atoms with Crippen LogP contribution in [0, 0.1) is 5.92 Å². The van der Waals surface area contributed by atoms with Gasteiger partial charge in [0.1, 0.15) is 6.61 Å². The lowest BCUT2D eigenvalue weighted by Crippen LogP contribution is -2.35. The third kappa shape index (κ3) is 4.12. The normalized spacial score (nSPS) is 28.3. The van der Waals surface area contributed by atoms with E-state index in [0.29, 0.717) is 6.61 Å². The molecule has 0 radical (unpaired) electrons. The Kier molecular flexibility index (Phi) is 5.39. The van der Waals surface area contributed by atoms with Gasteiger partial charge in [0.2, 0.25) is 0 Å². The second kappa shape index (κ2) is 7.48. The Bertz CT molecular complexity index is 342. The van der Waals surface area contributed by atoms with E-state index in [2.05, 4.69) is 4.90 Å². The van der Waals surface area contributed by atoms with Crippen LogP contribution in [0.4, 0.5) is 4.79 Å². The van der Waals surface area contributed by atoms with Crippen LogP contribution in [-0.4, -0.2) is 54.7 Å². The van der Waals surface area contributed by atoms with Crippen LogP contribution in [0.1, 0.15) is 57.8 Å². The van der Waals surface area contributed by atoms with Gasteiger partial charge in [-0.1, -0.05) is 32.1 Å². The molecule has 2 aliphatic heterocycles. The maximum Gasteiger partial charge on any atom is 0.409 e. The predicted molar refractivity (Wildman–Crippen MR) is 83.3 cm³/mol. The summed E-state index contributed by atoms with van der Waals surface area (Å²) in [5.41, 5.74) is 0. The van der Waals surface area contributed by atoms with Crippen LogP contribution in [0.5, 0.6) is 0 Å². The van der Waals surface area contributed by atoms with Gasteiger partial charge in [-0.2, -0.15) is 0 Å². The fourth-order valence-corrected chi connectivity index (χ4v) is 4.36. The first-order chi connectivity index (χ1) is 10.3. The van der Waals surface area contributed by atoms with E-state index in [0.717, 1.165) is 38.0 Å². The van der Waals surface area contributed by atoms with Crippen molar-refractivity contribution in [2.45, 2.75) is 63.8 Å². The molecular weight excluding hydrogens is 264 g/mol. The van der Waals surface area contributed by atoms with E-state index >= 15 is 0 Å².